The van der Waals surface area contributed by atoms with Gasteiger partial charge in [-0.3, -0.25) is 0 Å². The highest BCUT2D eigenvalue weighted by Gasteiger charge is 2.16. The zero-order valence-corrected chi connectivity index (χ0v) is 12.7. The van der Waals surface area contributed by atoms with Gasteiger partial charge in [0.15, 0.2) is 0 Å². The van der Waals surface area contributed by atoms with Gasteiger partial charge in [-0.25, -0.2) is 4.39 Å². The van der Waals surface area contributed by atoms with Crippen molar-refractivity contribution in [3.8, 4) is 5.88 Å². The third-order valence-corrected chi connectivity index (χ3v) is 2.77. The number of aryl methyl sites for hydroxylation is 1. The van der Waals surface area contributed by atoms with Gasteiger partial charge in [0, 0.05) is 0 Å². The minimum absolute atomic E-state index is 0.327. The minimum atomic E-state index is -0.409. The summed E-state index contributed by atoms with van der Waals surface area (Å²) in [5.41, 5.74) is 7.09. The molecule has 2 rings (SSSR count). The van der Waals surface area contributed by atoms with Crippen LogP contribution in [-0.4, -0.2) is 10.6 Å². The summed E-state index contributed by atoms with van der Waals surface area (Å²) in [6, 6.07) is 8.28. The highest BCUT2D eigenvalue weighted by atomic mass is 19.1. The molecule has 0 fully saturated rings. The Hall–Kier alpha value is -2.30. The molecule has 1 heterocycles. The molecule has 0 spiro atoms. The third-order valence-electron chi connectivity index (χ3n) is 2.77. The molecular formula is C16H20FN3O. The fraction of sp³-hybridized carbons (Fsp3) is 0.312. The molecule has 5 heteroatoms. The van der Waals surface area contributed by atoms with Crippen LogP contribution in [0.4, 0.5) is 21.6 Å². The van der Waals surface area contributed by atoms with Crippen LogP contribution < -0.4 is 15.8 Å². The summed E-state index contributed by atoms with van der Waals surface area (Å²) in [6.07, 6.45) is 0. The fourth-order valence-corrected chi connectivity index (χ4v) is 1.81. The third kappa shape index (κ3) is 3.84. The van der Waals surface area contributed by atoms with Crippen molar-refractivity contribution in [1.82, 2.24) is 4.98 Å². The predicted molar refractivity (Wildman–Crippen MR) is 83.5 cm³/mol. The van der Waals surface area contributed by atoms with Crippen LogP contribution in [0.15, 0.2) is 30.3 Å². The normalized spacial score (nSPS) is 11.3. The topological polar surface area (TPSA) is 60.2 Å². The first-order valence-corrected chi connectivity index (χ1v) is 6.74. The van der Waals surface area contributed by atoms with Crippen LogP contribution in [0.25, 0.3) is 0 Å². The molecule has 2 aromatic rings. The van der Waals surface area contributed by atoms with E-state index in [2.05, 4.69) is 10.3 Å². The molecule has 0 bridgehead atoms. The lowest BCUT2D eigenvalue weighted by Gasteiger charge is -2.22. The highest BCUT2D eigenvalue weighted by Crippen LogP contribution is 2.28. The van der Waals surface area contributed by atoms with E-state index in [1.54, 1.807) is 18.2 Å². The Labute approximate surface area is 124 Å². The Morgan fingerprint density at radius 1 is 1.19 bits per heavy atom. The smallest absolute Gasteiger partial charge is 0.239 e. The number of ether oxygens (including phenoxy) is 1. The molecule has 1 aromatic carbocycles. The number of nitrogens with zero attached hydrogens (tertiary/aromatic N) is 1. The van der Waals surface area contributed by atoms with E-state index in [1.807, 2.05) is 33.8 Å². The quantitative estimate of drug-likeness (QED) is 0.895. The van der Waals surface area contributed by atoms with Gasteiger partial charge in [0.2, 0.25) is 5.88 Å². The number of para-hydroxylation sites is 1. The predicted octanol–water partition coefficient (Wildman–Crippen LogP) is 4.03. The first-order valence-electron chi connectivity index (χ1n) is 6.74. The molecule has 3 N–H and O–H groups in total. The van der Waals surface area contributed by atoms with E-state index in [4.69, 9.17) is 10.5 Å². The number of anilines is 3. The molecule has 21 heavy (non-hydrogen) atoms. The number of nitrogen functional groups attached to an aromatic ring is 1. The zero-order chi connectivity index (χ0) is 15.6. The number of rotatable bonds is 3. The van der Waals surface area contributed by atoms with Gasteiger partial charge in [-0.15, -0.1) is 0 Å². The van der Waals surface area contributed by atoms with Gasteiger partial charge < -0.3 is 15.8 Å². The summed E-state index contributed by atoms with van der Waals surface area (Å²) in [5, 5.41) is 2.97. The van der Waals surface area contributed by atoms with E-state index in [9.17, 15) is 4.39 Å². The Kier molecular flexibility index (Phi) is 4.02. The average molecular weight is 289 g/mol. The number of hydrogen-bond donors (Lipinski definition) is 2. The molecule has 0 atom stereocenters. The maximum Gasteiger partial charge on any atom is 0.239 e. The van der Waals surface area contributed by atoms with Crippen molar-refractivity contribution in [3.63, 3.8) is 0 Å². The number of pyridine rings is 1. The molecule has 0 aliphatic heterocycles. The monoisotopic (exact) mass is 289 g/mol. The van der Waals surface area contributed by atoms with Crippen LogP contribution in [0, 0.1) is 12.7 Å². The van der Waals surface area contributed by atoms with Crippen LogP contribution in [0.2, 0.25) is 0 Å². The summed E-state index contributed by atoms with van der Waals surface area (Å²) in [4.78, 5) is 4.31. The van der Waals surface area contributed by atoms with E-state index >= 15 is 0 Å². The van der Waals surface area contributed by atoms with E-state index in [1.165, 1.54) is 6.07 Å². The molecule has 0 aliphatic rings. The number of hydrogen-bond acceptors (Lipinski definition) is 4. The van der Waals surface area contributed by atoms with Crippen molar-refractivity contribution in [2.45, 2.75) is 33.3 Å². The second-order valence-electron chi connectivity index (χ2n) is 5.86. The largest absolute Gasteiger partial charge is 0.470 e. The van der Waals surface area contributed by atoms with Crippen molar-refractivity contribution in [2.75, 3.05) is 11.1 Å². The molecule has 1 aromatic heterocycles. The van der Waals surface area contributed by atoms with Crippen LogP contribution in [0.1, 0.15) is 26.3 Å². The van der Waals surface area contributed by atoms with Gasteiger partial charge in [0.1, 0.15) is 17.2 Å². The van der Waals surface area contributed by atoms with Gasteiger partial charge in [-0.2, -0.15) is 4.98 Å². The van der Waals surface area contributed by atoms with Crippen LogP contribution in [-0.2, 0) is 0 Å². The number of nitrogens with two attached hydrogens (primary N) is 1. The summed E-state index contributed by atoms with van der Waals surface area (Å²) in [6.45, 7) is 7.56. The number of halogens is 1. The standard InChI is InChI=1S/C16H20FN3O/c1-10-6-5-7-11(17)14(10)19-13-9-8-12(18)15(20-13)21-16(2,3)4/h5-9H,18H2,1-4H3,(H,19,20). The minimum Gasteiger partial charge on any atom is -0.470 e. The lowest BCUT2D eigenvalue weighted by Crippen LogP contribution is -2.24. The van der Waals surface area contributed by atoms with Crippen molar-refractivity contribution in [2.24, 2.45) is 0 Å². The molecule has 0 radical (unpaired) electrons. The van der Waals surface area contributed by atoms with Crippen molar-refractivity contribution >= 4 is 17.2 Å². The van der Waals surface area contributed by atoms with Crippen molar-refractivity contribution in [1.29, 1.82) is 0 Å². The van der Waals surface area contributed by atoms with Crippen LogP contribution in [0.5, 0.6) is 5.88 Å². The Morgan fingerprint density at radius 2 is 1.90 bits per heavy atom. The molecule has 0 aliphatic carbocycles. The van der Waals surface area contributed by atoms with E-state index in [0.717, 1.165) is 5.56 Å². The Morgan fingerprint density at radius 3 is 2.52 bits per heavy atom. The molecule has 112 valence electrons. The van der Waals surface area contributed by atoms with Crippen LogP contribution >= 0.6 is 0 Å². The van der Waals surface area contributed by atoms with Crippen LogP contribution in [0.3, 0.4) is 0 Å². The molecule has 0 saturated heterocycles. The average Bonchev–Trinajstić information content (AvgIpc) is 2.36. The van der Waals surface area contributed by atoms with Gasteiger partial charge in [0.05, 0.1) is 11.4 Å². The highest BCUT2D eigenvalue weighted by molar-refractivity contribution is 5.63. The SMILES string of the molecule is Cc1cccc(F)c1Nc1ccc(N)c(OC(C)(C)C)n1. The number of aromatic nitrogens is 1. The van der Waals surface area contributed by atoms with E-state index in [-0.39, 0.29) is 5.82 Å². The molecule has 0 unspecified atom stereocenters. The molecule has 4 nitrogen and oxygen atoms in total. The Balaban J connectivity index is 2.31. The summed E-state index contributed by atoms with van der Waals surface area (Å²) in [7, 11) is 0. The van der Waals surface area contributed by atoms with Gasteiger partial charge in [0.25, 0.3) is 0 Å². The maximum atomic E-state index is 13.8. The fourth-order valence-electron chi connectivity index (χ4n) is 1.81. The van der Waals surface area contributed by atoms with Gasteiger partial charge in [-0.1, -0.05) is 12.1 Å². The first kappa shape index (κ1) is 15.1. The number of benzene rings is 1. The van der Waals surface area contributed by atoms with E-state index < -0.39 is 5.60 Å². The molecular weight excluding hydrogens is 269 g/mol. The Bertz CT molecular complexity index is 630. The van der Waals surface area contributed by atoms with Gasteiger partial charge >= 0.3 is 0 Å². The van der Waals surface area contributed by atoms with Crippen molar-refractivity contribution < 1.29 is 9.13 Å². The summed E-state index contributed by atoms with van der Waals surface area (Å²) >= 11 is 0. The second-order valence-corrected chi connectivity index (χ2v) is 5.86. The maximum absolute atomic E-state index is 13.8. The molecule has 0 amide bonds. The lowest BCUT2D eigenvalue weighted by atomic mass is 10.2. The van der Waals surface area contributed by atoms with E-state index in [0.29, 0.717) is 23.1 Å². The van der Waals surface area contributed by atoms with Crippen molar-refractivity contribution in [3.05, 3.63) is 41.7 Å². The second kappa shape index (κ2) is 5.60. The lowest BCUT2D eigenvalue weighted by molar-refractivity contribution is 0.125. The molecule has 0 saturated carbocycles. The summed E-state index contributed by atoms with van der Waals surface area (Å²) in [5.74, 6) is 0.491. The number of nitrogens with one attached hydrogen (secondary N) is 1. The first-order chi connectivity index (χ1) is 9.76. The summed E-state index contributed by atoms with van der Waals surface area (Å²) < 4.78 is 19.5. The van der Waals surface area contributed by atoms with Gasteiger partial charge in [-0.05, 0) is 51.5 Å². The zero-order valence-electron chi connectivity index (χ0n) is 12.7.